The van der Waals surface area contributed by atoms with Crippen molar-refractivity contribution in [2.45, 2.75) is 23.9 Å². The molecule has 0 amide bonds. The highest BCUT2D eigenvalue weighted by Gasteiger charge is 2.25. The molecule has 0 saturated heterocycles. The molecule has 0 saturated carbocycles. The van der Waals surface area contributed by atoms with Gasteiger partial charge in [-0.3, -0.25) is 0 Å². The maximum atomic E-state index is 14.3. The fourth-order valence-electron chi connectivity index (χ4n) is 3.65. The average molecular weight is 481 g/mol. The van der Waals surface area contributed by atoms with Crippen molar-refractivity contribution in [3.63, 3.8) is 0 Å². The molecule has 1 atom stereocenters. The Hall–Kier alpha value is -3.56. The summed E-state index contributed by atoms with van der Waals surface area (Å²) in [7, 11) is 3.13. The van der Waals surface area contributed by atoms with Crippen LogP contribution in [0.3, 0.4) is 0 Å². The van der Waals surface area contributed by atoms with E-state index in [1.807, 2.05) is 36.4 Å². The first kappa shape index (κ1) is 22.2. The van der Waals surface area contributed by atoms with E-state index < -0.39 is 6.29 Å². The van der Waals surface area contributed by atoms with Gasteiger partial charge in [-0.1, -0.05) is 42.1 Å². The van der Waals surface area contributed by atoms with E-state index in [0.29, 0.717) is 50.8 Å². The Labute approximate surface area is 199 Å². The molecule has 1 aromatic heterocycles. The molecule has 0 bridgehead atoms. The van der Waals surface area contributed by atoms with E-state index in [2.05, 4.69) is 10.2 Å². The molecule has 0 N–H and O–H groups in total. The van der Waals surface area contributed by atoms with Gasteiger partial charge in [0.25, 0.3) is 5.22 Å². The maximum Gasteiger partial charge on any atom is 0.277 e. The van der Waals surface area contributed by atoms with Crippen molar-refractivity contribution in [3.8, 4) is 28.7 Å². The zero-order chi connectivity index (χ0) is 23.5. The van der Waals surface area contributed by atoms with Crippen molar-refractivity contribution in [2.24, 2.45) is 0 Å². The lowest BCUT2D eigenvalue weighted by Gasteiger charge is -2.28. The summed E-state index contributed by atoms with van der Waals surface area (Å²) in [6.45, 7) is 0.258. The van der Waals surface area contributed by atoms with E-state index >= 15 is 0 Å². The second-order valence-corrected chi connectivity index (χ2v) is 8.38. The fraction of sp³-hybridized carbons (Fsp3) is 0.200. The van der Waals surface area contributed by atoms with Gasteiger partial charge in [0.05, 0.1) is 20.8 Å². The summed E-state index contributed by atoms with van der Waals surface area (Å²) < 4.78 is 42.6. The Kier molecular flexibility index (Phi) is 6.37. The summed E-state index contributed by atoms with van der Waals surface area (Å²) in [5, 5.41) is 8.60. The molecule has 5 rings (SSSR count). The summed E-state index contributed by atoms with van der Waals surface area (Å²) >= 11 is 1.30. The monoisotopic (exact) mass is 480 g/mol. The Morgan fingerprint density at radius 2 is 1.82 bits per heavy atom. The molecule has 3 aromatic carbocycles. The lowest BCUT2D eigenvalue weighted by molar-refractivity contribution is -0.112. The number of hydrogen-bond acceptors (Lipinski definition) is 8. The Morgan fingerprint density at radius 1 is 1.00 bits per heavy atom. The van der Waals surface area contributed by atoms with Gasteiger partial charge in [0.2, 0.25) is 12.2 Å². The first-order chi connectivity index (χ1) is 16.6. The molecule has 0 spiro atoms. The quantitative estimate of drug-likeness (QED) is 0.308. The molecule has 4 aromatic rings. The Bertz CT molecular complexity index is 1300. The topological polar surface area (TPSA) is 75.8 Å². The summed E-state index contributed by atoms with van der Waals surface area (Å²) in [6.07, 6.45) is -0.553. The van der Waals surface area contributed by atoms with Gasteiger partial charge in [-0.05, 0) is 30.3 Å². The second-order valence-electron chi connectivity index (χ2n) is 7.46. The lowest BCUT2D eigenvalue weighted by atomic mass is 10.1. The predicted octanol–water partition coefficient (Wildman–Crippen LogP) is 5.79. The van der Waals surface area contributed by atoms with Gasteiger partial charge in [0.15, 0.2) is 11.5 Å². The average Bonchev–Trinajstić information content (AvgIpc) is 3.36. The molecule has 2 heterocycles. The third-order valence-electron chi connectivity index (χ3n) is 5.28. The standard InChI is InChI=1S/C25H21FN2O5S/c1-29-20-9-8-16(12-21(20)30-2)23-27-28-25(33-23)34-14-18-11-19(26)10-17-13-31-24(32-22(17)18)15-6-4-3-5-7-15/h3-12,24H,13-14H2,1-2H3/t24-/m0/s1. The van der Waals surface area contributed by atoms with E-state index in [-0.39, 0.29) is 12.4 Å². The smallest absolute Gasteiger partial charge is 0.277 e. The molecule has 0 aliphatic carbocycles. The fourth-order valence-corrected chi connectivity index (χ4v) is 4.38. The molecule has 0 fully saturated rings. The second kappa shape index (κ2) is 9.74. The van der Waals surface area contributed by atoms with Crippen LogP contribution in [0.25, 0.3) is 11.5 Å². The van der Waals surface area contributed by atoms with Crippen molar-refractivity contribution in [1.29, 1.82) is 0 Å². The van der Waals surface area contributed by atoms with Gasteiger partial charge >= 0.3 is 0 Å². The number of aromatic nitrogens is 2. The number of nitrogens with zero attached hydrogens (tertiary/aromatic N) is 2. The normalized spacial score (nSPS) is 14.9. The van der Waals surface area contributed by atoms with E-state index in [0.717, 1.165) is 5.56 Å². The van der Waals surface area contributed by atoms with Gasteiger partial charge in [-0.25, -0.2) is 4.39 Å². The zero-order valence-corrected chi connectivity index (χ0v) is 19.3. The summed E-state index contributed by atoms with van der Waals surface area (Å²) in [6, 6.07) is 17.9. The zero-order valence-electron chi connectivity index (χ0n) is 18.5. The molecular formula is C25H21FN2O5S. The molecular weight excluding hydrogens is 459 g/mol. The van der Waals surface area contributed by atoms with Crippen LogP contribution in [0.15, 0.2) is 70.3 Å². The van der Waals surface area contributed by atoms with Crippen molar-refractivity contribution < 1.29 is 27.8 Å². The van der Waals surface area contributed by atoms with Gasteiger partial charge in [0.1, 0.15) is 11.6 Å². The van der Waals surface area contributed by atoms with Crippen molar-refractivity contribution in [3.05, 3.63) is 83.2 Å². The van der Waals surface area contributed by atoms with Crippen molar-refractivity contribution >= 4 is 11.8 Å². The number of rotatable bonds is 7. The van der Waals surface area contributed by atoms with Crippen LogP contribution in [-0.4, -0.2) is 24.4 Å². The SMILES string of the molecule is COc1ccc(-c2nnc(SCc3cc(F)cc4c3O[C@@H](c3ccccc3)OC4)o2)cc1OC. The van der Waals surface area contributed by atoms with Gasteiger partial charge in [-0.2, -0.15) is 0 Å². The van der Waals surface area contributed by atoms with E-state index in [1.165, 1.54) is 23.9 Å². The van der Waals surface area contributed by atoms with Gasteiger partial charge in [-0.15, -0.1) is 10.2 Å². The highest BCUT2D eigenvalue weighted by Crippen LogP contribution is 2.39. The molecule has 7 nitrogen and oxygen atoms in total. The molecule has 34 heavy (non-hydrogen) atoms. The Morgan fingerprint density at radius 3 is 2.62 bits per heavy atom. The van der Waals surface area contributed by atoms with Crippen LogP contribution in [0, 0.1) is 5.82 Å². The number of methoxy groups -OCH3 is 2. The first-order valence-corrected chi connectivity index (χ1v) is 11.5. The number of hydrogen-bond donors (Lipinski definition) is 0. The van der Waals surface area contributed by atoms with Crippen LogP contribution in [-0.2, 0) is 17.1 Å². The maximum absolute atomic E-state index is 14.3. The molecule has 174 valence electrons. The van der Waals surface area contributed by atoms with Crippen LogP contribution in [0.4, 0.5) is 4.39 Å². The first-order valence-electron chi connectivity index (χ1n) is 10.5. The van der Waals surface area contributed by atoms with Crippen LogP contribution < -0.4 is 14.2 Å². The van der Waals surface area contributed by atoms with E-state index in [4.69, 9.17) is 23.4 Å². The Balaban J connectivity index is 1.34. The molecule has 1 aliphatic heterocycles. The predicted molar refractivity (Wildman–Crippen MR) is 123 cm³/mol. The third-order valence-corrected chi connectivity index (χ3v) is 6.15. The number of benzene rings is 3. The highest BCUT2D eigenvalue weighted by molar-refractivity contribution is 7.98. The van der Waals surface area contributed by atoms with E-state index in [9.17, 15) is 4.39 Å². The van der Waals surface area contributed by atoms with Crippen LogP contribution in [0.5, 0.6) is 17.2 Å². The molecule has 9 heteroatoms. The molecule has 0 radical (unpaired) electrons. The van der Waals surface area contributed by atoms with Gasteiger partial charge < -0.3 is 23.4 Å². The summed E-state index contributed by atoms with van der Waals surface area (Å²) in [4.78, 5) is 0. The van der Waals surface area contributed by atoms with Crippen LogP contribution in [0.2, 0.25) is 0 Å². The third kappa shape index (κ3) is 4.57. The minimum absolute atomic E-state index is 0.258. The number of ether oxygens (including phenoxy) is 4. The molecule has 0 unspecified atom stereocenters. The molecule has 1 aliphatic rings. The van der Waals surface area contributed by atoms with Crippen LogP contribution >= 0.6 is 11.8 Å². The summed E-state index contributed by atoms with van der Waals surface area (Å²) in [5.74, 6) is 2.17. The largest absolute Gasteiger partial charge is 0.493 e. The van der Waals surface area contributed by atoms with Crippen LogP contribution in [0.1, 0.15) is 23.0 Å². The number of halogens is 1. The van der Waals surface area contributed by atoms with Crippen molar-refractivity contribution in [1.82, 2.24) is 10.2 Å². The van der Waals surface area contributed by atoms with Crippen molar-refractivity contribution in [2.75, 3.05) is 14.2 Å². The number of fused-ring (bicyclic) bond motifs is 1. The minimum Gasteiger partial charge on any atom is -0.493 e. The highest BCUT2D eigenvalue weighted by atomic mass is 32.2. The minimum atomic E-state index is -0.553. The van der Waals surface area contributed by atoms with Gasteiger partial charge in [0, 0.05) is 28.0 Å². The van der Waals surface area contributed by atoms with E-state index in [1.54, 1.807) is 26.4 Å². The number of thioether (sulfide) groups is 1. The summed E-state index contributed by atoms with van der Waals surface area (Å²) in [5.41, 5.74) is 2.95. The lowest BCUT2D eigenvalue weighted by Crippen LogP contribution is -2.19.